The highest BCUT2D eigenvalue weighted by atomic mass is 15.1. The van der Waals surface area contributed by atoms with Crippen LogP contribution in [0.4, 0.5) is 34.1 Å². The molecule has 9 rings (SSSR count). The van der Waals surface area contributed by atoms with Gasteiger partial charge in [-0.25, -0.2) is 0 Å². The largest absolute Gasteiger partial charge is 0.310 e. The number of fused-ring (bicyclic) bond motifs is 4. The summed E-state index contributed by atoms with van der Waals surface area (Å²) in [4.78, 5) is 4.72. The van der Waals surface area contributed by atoms with Crippen LogP contribution in [0.3, 0.4) is 0 Å². The van der Waals surface area contributed by atoms with E-state index >= 15 is 0 Å². The zero-order valence-electron chi connectivity index (χ0n) is 31.9. The van der Waals surface area contributed by atoms with Crippen LogP contribution >= 0.6 is 0 Å². The van der Waals surface area contributed by atoms with Crippen molar-refractivity contribution >= 4 is 57.0 Å². The van der Waals surface area contributed by atoms with Gasteiger partial charge in [-0.3, -0.25) is 0 Å². The molecule has 8 aromatic carbocycles. The maximum Gasteiger partial charge on any atom is 0.0468 e. The fourth-order valence-corrected chi connectivity index (χ4v) is 8.36. The number of nitrogens with zero attached hydrogens (tertiary/aromatic N) is 2. The highest BCUT2D eigenvalue weighted by Crippen LogP contribution is 2.50. The van der Waals surface area contributed by atoms with Crippen molar-refractivity contribution in [1.29, 1.82) is 0 Å². The van der Waals surface area contributed by atoms with E-state index in [1.807, 2.05) is 0 Å². The van der Waals surface area contributed by atoms with Crippen LogP contribution in [0, 0.1) is 13.8 Å². The first-order valence-electron chi connectivity index (χ1n) is 19.2. The van der Waals surface area contributed by atoms with E-state index in [2.05, 4.69) is 232 Å². The van der Waals surface area contributed by atoms with Crippen LogP contribution in [0.15, 0.2) is 182 Å². The third-order valence-electron chi connectivity index (χ3n) is 11.1. The van der Waals surface area contributed by atoms with Gasteiger partial charge in [0.2, 0.25) is 0 Å². The van der Waals surface area contributed by atoms with Gasteiger partial charge in [0.05, 0.1) is 0 Å². The molecule has 1 aliphatic carbocycles. The van der Waals surface area contributed by atoms with Crippen LogP contribution in [0.25, 0.3) is 34.1 Å². The molecule has 1 aliphatic rings. The van der Waals surface area contributed by atoms with Crippen LogP contribution < -0.4 is 9.80 Å². The molecular weight excluding hydrogens is 665 g/mol. The smallest absolute Gasteiger partial charge is 0.0468 e. The van der Waals surface area contributed by atoms with Crippen LogP contribution in [0.5, 0.6) is 0 Å². The molecule has 2 nitrogen and oxygen atoms in total. The SMILES string of the molecule is Cc1cc(C)cc(N(c2ccc(C=Cc3ccc(N(c4ccccc4)c4ccc5ccccc5c4)cc3)cc2)c2ccc3c(c2)C(C)(C)c2ccccc2-3)c1. The lowest BCUT2D eigenvalue weighted by Crippen LogP contribution is -2.16. The lowest BCUT2D eigenvalue weighted by Gasteiger charge is -2.28. The molecule has 0 aliphatic heterocycles. The van der Waals surface area contributed by atoms with Gasteiger partial charge in [0.1, 0.15) is 0 Å². The summed E-state index contributed by atoms with van der Waals surface area (Å²) in [6, 6.07) is 66.2. The van der Waals surface area contributed by atoms with Crippen molar-refractivity contribution < 1.29 is 0 Å². The number of benzene rings is 8. The standard InChI is InChI=1S/C53H44N2/c1-37-32-38(2)34-48(33-37)55(47-30-31-50-49-16-10-11-17-51(49)53(3,4)52(50)36-47)45-27-22-40(23-28-45)19-18-39-20-25-44(26-21-39)54(43-14-6-5-7-15-43)46-29-24-41-12-8-9-13-42(41)35-46/h5-36H,1-4H3. The fourth-order valence-electron chi connectivity index (χ4n) is 8.36. The molecule has 0 N–H and O–H groups in total. The Labute approximate surface area is 325 Å². The summed E-state index contributed by atoms with van der Waals surface area (Å²) in [5.74, 6) is 0. The van der Waals surface area contributed by atoms with Crippen molar-refractivity contribution in [1.82, 2.24) is 0 Å². The summed E-state index contributed by atoms with van der Waals surface area (Å²) in [7, 11) is 0. The second kappa shape index (κ2) is 14.0. The molecule has 0 fully saturated rings. The zero-order chi connectivity index (χ0) is 37.5. The molecule has 55 heavy (non-hydrogen) atoms. The first kappa shape index (κ1) is 34.1. The minimum Gasteiger partial charge on any atom is -0.310 e. The van der Waals surface area contributed by atoms with Crippen molar-refractivity contribution in [2.24, 2.45) is 0 Å². The molecule has 0 heterocycles. The topological polar surface area (TPSA) is 6.48 Å². The van der Waals surface area contributed by atoms with Gasteiger partial charge in [-0.05, 0) is 142 Å². The first-order chi connectivity index (χ1) is 26.8. The Morgan fingerprint density at radius 2 is 0.855 bits per heavy atom. The summed E-state index contributed by atoms with van der Waals surface area (Å²) < 4.78 is 0. The van der Waals surface area contributed by atoms with E-state index in [4.69, 9.17) is 0 Å². The first-order valence-corrected chi connectivity index (χ1v) is 19.2. The second-order valence-corrected chi connectivity index (χ2v) is 15.3. The van der Waals surface area contributed by atoms with E-state index in [1.165, 1.54) is 55.5 Å². The van der Waals surface area contributed by atoms with E-state index in [9.17, 15) is 0 Å². The van der Waals surface area contributed by atoms with Crippen molar-refractivity contribution in [3.63, 3.8) is 0 Å². The van der Waals surface area contributed by atoms with Gasteiger partial charge in [-0.15, -0.1) is 0 Å². The van der Waals surface area contributed by atoms with E-state index < -0.39 is 0 Å². The molecule has 0 unspecified atom stereocenters. The highest BCUT2D eigenvalue weighted by molar-refractivity contribution is 5.90. The minimum atomic E-state index is -0.0702. The van der Waals surface area contributed by atoms with Gasteiger partial charge >= 0.3 is 0 Å². The molecule has 0 saturated carbocycles. The van der Waals surface area contributed by atoms with Crippen LogP contribution in [-0.4, -0.2) is 0 Å². The number of anilines is 6. The molecule has 8 aromatic rings. The minimum absolute atomic E-state index is 0.0702. The average Bonchev–Trinajstić information content (AvgIpc) is 3.44. The van der Waals surface area contributed by atoms with Gasteiger partial charge in [0.15, 0.2) is 0 Å². The Morgan fingerprint density at radius 1 is 0.364 bits per heavy atom. The average molecular weight is 709 g/mol. The number of hydrogen-bond donors (Lipinski definition) is 0. The molecule has 0 bridgehead atoms. The van der Waals surface area contributed by atoms with Crippen LogP contribution in [0.2, 0.25) is 0 Å². The molecule has 0 radical (unpaired) electrons. The molecular formula is C53H44N2. The van der Waals surface area contributed by atoms with E-state index in [0.29, 0.717) is 0 Å². The van der Waals surface area contributed by atoms with E-state index in [1.54, 1.807) is 0 Å². The van der Waals surface area contributed by atoms with Crippen molar-refractivity contribution in [2.45, 2.75) is 33.1 Å². The van der Waals surface area contributed by atoms with Crippen LogP contribution in [-0.2, 0) is 5.41 Å². The number of para-hydroxylation sites is 1. The molecule has 0 spiro atoms. The Kier molecular flexibility index (Phi) is 8.67. The van der Waals surface area contributed by atoms with E-state index in [0.717, 1.165) is 33.9 Å². The van der Waals surface area contributed by atoms with E-state index in [-0.39, 0.29) is 5.41 Å². The summed E-state index contributed by atoms with van der Waals surface area (Å²) in [6.07, 6.45) is 4.40. The summed E-state index contributed by atoms with van der Waals surface area (Å²) in [5, 5.41) is 2.47. The van der Waals surface area contributed by atoms with Crippen molar-refractivity contribution in [2.75, 3.05) is 9.80 Å². The number of hydrogen-bond acceptors (Lipinski definition) is 2. The summed E-state index contributed by atoms with van der Waals surface area (Å²) in [5.41, 5.74) is 17.0. The zero-order valence-corrected chi connectivity index (χ0v) is 31.9. The predicted octanol–water partition coefficient (Wildman–Crippen LogP) is 14.9. The van der Waals surface area contributed by atoms with Crippen molar-refractivity contribution in [3.05, 3.63) is 215 Å². The summed E-state index contributed by atoms with van der Waals surface area (Å²) in [6.45, 7) is 9.06. The van der Waals surface area contributed by atoms with Crippen molar-refractivity contribution in [3.8, 4) is 11.1 Å². The maximum atomic E-state index is 2.41. The number of aryl methyl sites for hydroxylation is 2. The van der Waals surface area contributed by atoms with Gasteiger partial charge in [-0.2, -0.15) is 0 Å². The monoisotopic (exact) mass is 708 g/mol. The summed E-state index contributed by atoms with van der Waals surface area (Å²) >= 11 is 0. The van der Waals surface area contributed by atoms with Gasteiger partial charge in [0, 0.05) is 39.5 Å². The Balaban J connectivity index is 1.01. The normalized spacial score (nSPS) is 12.8. The number of rotatable bonds is 8. The molecule has 0 aromatic heterocycles. The lowest BCUT2D eigenvalue weighted by atomic mass is 9.82. The van der Waals surface area contributed by atoms with Gasteiger partial charge in [0.25, 0.3) is 0 Å². The Hall–Kier alpha value is -6.64. The Bertz CT molecular complexity index is 2660. The maximum absolute atomic E-state index is 2.41. The van der Waals surface area contributed by atoms with Crippen LogP contribution in [0.1, 0.15) is 47.2 Å². The predicted molar refractivity (Wildman–Crippen MR) is 236 cm³/mol. The molecule has 0 amide bonds. The fraction of sp³-hybridized carbons (Fsp3) is 0.0943. The highest BCUT2D eigenvalue weighted by Gasteiger charge is 2.35. The third-order valence-corrected chi connectivity index (χ3v) is 11.1. The molecule has 2 heteroatoms. The lowest BCUT2D eigenvalue weighted by molar-refractivity contribution is 0.660. The van der Waals surface area contributed by atoms with Gasteiger partial charge < -0.3 is 9.80 Å². The van der Waals surface area contributed by atoms with Gasteiger partial charge in [-0.1, -0.05) is 135 Å². The quantitative estimate of drug-likeness (QED) is 0.145. The second-order valence-electron chi connectivity index (χ2n) is 15.3. The molecule has 0 saturated heterocycles. The Morgan fingerprint density at radius 3 is 1.53 bits per heavy atom. The molecule has 0 atom stereocenters. The molecule has 266 valence electrons. The third kappa shape index (κ3) is 6.51.